The highest BCUT2D eigenvalue weighted by atomic mass is 32.1. The van der Waals surface area contributed by atoms with Crippen molar-refractivity contribution in [2.75, 3.05) is 0 Å². The zero-order valence-corrected chi connectivity index (χ0v) is 4.33. The minimum absolute atomic E-state index is 0.248. The van der Waals surface area contributed by atoms with Crippen molar-refractivity contribution < 1.29 is 4.39 Å². The lowest BCUT2D eigenvalue weighted by Gasteiger charge is -1.67. The van der Waals surface area contributed by atoms with E-state index in [2.05, 4.69) is 0 Å². The molecule has 0 unspecified atom stereocenters. The van der Waals surface area contributed by atoms with E-state index in [9.17, 15) is 4.39 Å². The van der Waals surface area contributed by atoms with Gasteiger partial charge in [-0.1, -0.05) is 0 Å². The number of hydrogen-bond acceptors (Lipinski definition) is 1. The molecular formula is C4H2BFS. The van der Waals surface area contributed by atoms with Gasteiger partial charge in [0.05, 0.1) is 0 Å². The fourth-order valence-corrected chi connectivity index (χ4v) is 0.826. The summed E-state index contributed by atoms with van der Waals surface area (Å²) in [5, 5.41) is 1.37. The van der Waals surface area contributed by atoms with Gasteiger partial charge in [-0.05, 0) is 10.8 Å². The average Bonchev–Trinajstić information content (AvgIpc) is 1.87. The van der Waals surface area contributed by atoms with Gasteiger partial charge in [0.1, 0.15) is 13.7 Å². The van der Waals surface area contributed by atoms with Crippen molar-refractivity contribution in [1.29, 1.82) is 0 Å². The summed E-state index contributed by atoms with van der Waals surface area (Å²) >= 11 is 1.21. The first-order valence-corrected chi connectivity index (χ1v) is 2.66. The molecule has 0 fully saturated rings. The van der Waals surface area contributed by atoms with E-state index in [0.717, 1.165) is 0 Å². The van der Waals surface area contributed by atoms with Gasteiger partial charge >= 0.3 is 0 Å². The molecule has 0 aliphatic rings. The highest BCUT2D eigenvalue weighted by Gasteiger charge is 1.88. The Morgan fingerprint density at radius 2 is 2.43 bits per heavy atom. The fraction of sp³-hybridized carbons (Fsp3) is 0. The molecule has 0 spiro atoms. The first-order chi connectivity index (χ1) is 3.29. The zero-order valence-electron chi connectivity index (χ0n) is 3.52. The van der Waals surface area contributed by atoms with Crippen LogP contribution in [0.5, 0.6) is 0 Å². The largest absolute Gasteiger partial charge is 0.206 e. The van der Waals surface area contributed by atoms with Crippen LogP contribution in [0.3, 0.4) is 0 Å². The fourth-order valence-electron chi connectivity index (χ4n) is 0.328. The van der Waals surface area contributed by atoms with Gasteiger partial charge in [-0.3, -0.25) is 0 Å². The first-order valence-electron chi connectivity index (χ1n) is 1.78. The number of halogens is 1. The van der Waals surface area contributed by atoms with Crippen LogP contribution in [0, 0.1) is 5.82 Å². The third kappa shape index (κ3) is 1.03. The summed E-state index contributed by atoms with van der Waals surface area (Å²) in [5.74, 6) is -0.248. The van der Waals surface area contributed by atoms with E-state index in [1.165, 1.54) is 22.8 Å². The molecule has 2 radical (unpaired) electrons. The van der Waals surface area contributed by atoms with E-state index in [1.54, 1.807) is 0 Å². The van der Waals surface area contributed by atoms with Crippen molar-refractivity contribution in [3.8, 4) is 0 Å². The molecule has 0 aliphatic heterocycles. The van der Waals surface area contributed by atoms with Gasteiger partial charge < -0.3 is 0 Å². The second kappa shape index (κ2) is 1.66. The Labute approximate surface area is 46.4 Å². The van der Waals surface area contributed by atoms with Crippen LogP contribution in [0.4, 0.5) is 4.39 Å². The van der Waals surface area contributed by atoms with Gasteiger partial charge in [0.2, 0.25) is 0 Å². The van der Waals surface area contributed by atoms with Crippen molar-refractivity contribution >= 4 is 24.0 Å². The van der Waals surface area contributed by atoms with Gasteiger partial charge in [0.15, 0.2) is 0 Å². The molecule has 0 nitrogen and oxygen atoms in total. The van der Waals surface area contributed by atoms with Crippen molar-refractivity contribution in [3.63, 3.8) is 0 Å². The zero-order chi connectivity index (χ0) is 5.28. The van der Waals surface area contributed by atoms with E-state index in [4.69, 9.17) is 7.85 Å². The Bertz CT molecular complexity index is 144. The predicted octanol–water partition coefficient (Wildman–Crippen LogP) is 0.681. The summed E-state index contributed by atoms with van der Waals surface area (Å²) in [6.45, 7) is 0. The maximum atomic E-state index is 11.9. The molecule has 0 bridgehead atoms. The molecular weight excluding hydrogens is 110 g/mol. The van der Waals surface area contributed by atoms with Crippen molar-refractivity contribution in [2.24, 2.45) is 0 Å². The molecule has 0 aliphatic carbocycles. The molecule has 0 saturated heterocycles. The number of rotatable bonds is 0. The second-order valence-electron chi connectivity index (χ2n) is 1.17. The van der Waals surface area contributed by atoms with E-state index in [0.29, 0.717) is 4.78 Å². The molecule has 34 valence electrons. The van der Waals surface area contributed by atoms with E-state index in [-0.39, 0.29) is 5.82 Å². The monoisotopic (exact) mass is 112 g/mol. The summed E-state index contributed by atoms with van der Waals surface area (Å²) in [6.07, 6.45) is 0. The van der Waals surface area contributed by atoms with E-state index >= 15 is 0 Å². The van der Waals surface area contributed by atoms with Gasteiger partial charge in [-0.15, -0.1) is 0 Å². The van der Waals surface area contributed by atoms with Gasteiger partial charge in [0.25, 0.3) is 0 Å². The number of hydrogen-bond donors (Lipinski definition) is 0. The smallest absolute Gasteiger partial charge is 0.133 e. The number of thiophene rings is 1. The molecule has 7 heavy (non-hydrogen) atoms. The Morgan fingerprint density at radius 1 is 1.71 bits per heavy atom. The molecule has 0 N–H and O–H groups in total. The molecule has 1 rings (SSSR count). The van der Waals surface area contributed by atoms with Crippen LogP contribution in [0.25, 0.3) is 0 Å². The minimum atomic E-state index is -0.248. The van der Waals surface area contributed by atoms with Crippen LogP contribution in [0.2, 0.25) is 0 Å². The maximum Gasteiger partial charge on any atom is 0.133 e. The SMILES string of the molecule is [B]c1cc(F)cs1. The molecule has 1 aromatic rings. The van der Waals surface area contributed by atoms with Gasteiger partial charge in [-0.25, -0.2) is 4.39 Å². The summed E-state index contributed by atoms with van der Waals surface area (Å²) in [4.78, 5) is 0. The molecule has 0 aromatic carbocycles. The highest BCUT2D eigenvalue weighted by Crippen LogP contribution is 1.97. The normalized spacial score (nSPS) is 9.29. The van der Waals surface area contributed by atoms with Crippen molar-refractivity contribution in [1.82, 2.24) is 0 Å². The van der Waals surface area contributed by atoms with Gasteiger partial charge in [-0.2, -0.15) is 11.3 Å². The van der Waals surface area contributed by atoms with Crippen LogP contribution in [0.1, 0.15) is 0 Å². The van der Waals surface area contributed by atoms with Crippen molar-refractivity contribution in [2.45, 2.75) is 0 Å². The van der Waals surface area contributed by atoms with Crippen LogP contribution in [-0.2, 0) is 0 Å². The first kappa shape index (κ1) is 4.84. The molecule has 0 saturated carbocycles. The minimum Gasteiger partial charge on any atom is -0.206 e. The molecule has 3 heteroatoms. The Hall–Kier alpha value is -0.305. The topological polar surface area (TPSA) is 0 Å². The lowest BCUT2D eigenvalue weighted by Crippen LogP contribution is -1.89. The van der Waals surface area contributed by atoms with Gasteiger partial charge in [0, 0.05) is 5.38 Å². The molecule has 0 amide bonds. The summed E-state index contributed by atoms with van der Waals surface area (Å²) in [6, 6.07) is 1.30. The average molecular weight is 112 g/mol. The maximum absolute atomic E-state index is 11.9. The third-order valence-corrected chi connectivity index (χ3v) is 1.32. The summed E-state index contributed by atoms with van der Waals surface area (Å²) in [5.41, 5.74) is 0. The molecule has 1 heterocycles. The summed E-state index contributed by atoms with van der Waals surface area (Å²) < 4.78 is 12.4. The quantitative estimate of drug-likeness (QED) is 0.433. The molecule has 1 aromatic heterocycles. The lowest BCUT2D eigenvalue weighted by atomic mass is 10.1. The third-order valence-electron chi connectivity index (χ3n) is 0.588. The van der Waals surface area contributed by atoms with Crippen LogP contribution in [-0.4, -0.2) is 7.85 Å². The predicted molar refractivity (Wildman–Crippen MR) is 29.7 cm³/mol. The second-order valence-corrected chi connectivity index (χ2v) is 2.11. The Kier molecular flexibility index (Phi) is 1.15. The highest BCUT2D eigenvalue weighted by molar-refractivity contribution is 7.18. The Balaban J connectivity index is 3.04. The van der Waals surface area contributed by atoms with Crippen molar-refractivity contribution in [3.05, 3.63) is 17.3 Å². The van der Waals surface area contributed by atoms with E-state index in [1.807, 2.05) is 0 Å². The van der Waals surface area contributed by atoms with Crippen LogP contribution in [0.15, 0.2) is 11.4 Å². The van der Waals surface area contributed by atoms with Crippen LogP contribution < -0.4 is 4.78 Å². The van der Waals surface area contributed by atoms with E-state index < -0.39 is 0 Å². The summed E-state index contributed by atoms with van der Waals surface area (Å²) in [7, 11) is 5.16. The standard InChI is InChI=1S/C4H2BFS/c5-4-1-3(6)2-7-4/h1-2H. The molecule has 0 atom stereocenters. The Morgan fingerprint density at radius 3 is 2.57 bits per heavy atom. The van der Waals surface area contributed by atoms with Crippen LogP contribution >= 0.6 is 11.3 Å². The lowest BCUT2D eigenvalue weighted by molar-refractivity contribution is 0.634.